The van der Waals surface area contributed by atoms with Crippen LogP contribution in [0.4, 0.5) is 0 Å². The third-order valence-corrected chi connectivity index (χ3v) is 4.52. The highest BCUT2D eigenvalue weighted by Gasteiger charge is 2.48. The molecule has 2 aliphatic carbocycles. The van der Waals surface area contributed by atoms with Gasteiger partial charge in [-0.05, 0) is 42.9 Å². The topological polar surface area (TPSA) is 49.3 Å². The maximum Gasteiger partial charge on any atom is 0.223 e. The van der Waals surface area contributed by atoms with E-state index in [-0.39, 0.29) is 18.4 Å². The van der Waals surface area contributed by atoms with Crippen LogP contribution >= 0.6 is 0 Å². The van der Waals surface area contributed by atoms with E-state index in [1.165, 1.54) is 12.8 Å². The Hall–Kier alpha value is -0.570. The molecule has 2 fully saturated rings. The number of amides is 1. The Labute approximate surface area is 97.6 Å². The standard InChI is InChI=1S/C13H23NO2/c1-8(2)11-6-10-5-9(11)7-12(10)13(16)14-3-4-15/h8-12,15H,3-7H2,1-2H3,(H,14,16). The summed E-state index contributed by atoms with van der Waals surface area (Å²) in [5, 5.41) is 11.5. The molecule has 0 aliphatic heterocycles. The van der Waals surface area contributed by atoms with Crippen molar-refractivity contribution in [3.05, 3.63) is 0 Å². The van der Waals surface area contributed by atoms with E-state index in [1.807, 2.05) is 0 Å². The van der Waals surface area contributed by atoms with Gasteiger partial charge in [0.05, 0.1) is 6.61 Å². The minimum absolute atomic E-state index is 0.0428. The van der Waals surface area contributed by atoms with Gasteiger partial charge < -0.3 is 10.4 Å². The molecule has 0 heterocycles. The smallest absolute Gasteiger partial charge is 0.223 e. The first-order valence-corrected chi connectivity index (χ1v) is 6.52. The molecule has 0 aromatic rings. The summed E-state index contributed by atoms with van der Waals surface area (Å²) in [5.41, 5.74) is 0. The molecule has 2 aliphatic rings. The molecule has 3 heteroatoms. The van der Waals surface area contributed by atoms with E-state index < -0.39 is 0 Å². The maximum absolute atomic E-state index is 11.8. The first-order valence-electron chi connectivity index (χ1n) is 6.52. The number of fused-ring (bicyclic) bond motifs is 2. The van der Waals surface area contributed by atoms with E-state index in [0.717, 1.165) is 24.2 Å². The Balaban J connectivity index is 1.88. The molecular formula is C13H23NO2. The predicted octanol–water partition coefficient (Wildman–Crippen LogP) is 1.41. The number of hydrogen-bond acceptors (Lipinski definition) is 2. The van der Waals surface area contributed by atoms with Gasteiger partial charge in [-0.15, -0.1) is 0 Å². The molecule has 2 bridgehead atoms. The third-order valence-electron chi connectivity index (χ3n) is 4.52. The zero-order valence-corrected chi connectivity index (χ0v) is 10.3. The van der Waals surface area contributed by atoms with Crippen LogP contribution in [0, 0.1) is 29.6 Å². The lowest BCUT2D eigenvalue weighted by molar-refractivity contribution is -0.127. The van der Waals surface area contributed by atoms with Crippen molar-refractivity contribution in [2.45, 2.75) is 33.1 Å². The van der Waals surface area contributed by atoms with Crippen LogP contribution < -0.4 is 5.32 Å². The van der Waals surface area contributed by atoms with Crippen molar-refractivity contribution < 1.29 is 9.90 Å². The molecule has 2 N–H and O–H groups in total. The van der Waals surface area contributed by atoms with Crippen LogP contribution in [0.1, 0.15) is 33.1 Å². The van der Waals surface area contributed by atoms with E-state index in [1.54, 1.807) is 0 Å². The van der Waals surface area contributed by atoms with Crippen LogP contribution in [0.25, 0.3) is 0 Å². The minimum atomic E-state index is 0.0428. The molecule has 0 radical (unpaired) electrons. The van der Waals surface area contributed by atoms with Gasteiger partial charge >= 0.3 is 0 Å². The number of carbonyl (C=O) groups is 1. The lowest BCUT2D eigenvalue weighted by Gasteiger charge is -2.29. The average Bonchev–Trinajstić information content (AvgIpc) is 2.84. The molecule has 2 rings (SSSR count). The van der Waals surface area contributed by atoms with E-state index in [9.17, 15) is 4.79 Å². The van der Waals surface area contributed by atoms with Crippen LogP contribution in [-0.4, -0.2) is 24.2 Å². The Morgan fingerprint density at radius 1 is 1.31 bits per heavy atom. The Morgan fingerprint density at radius 2 is 2.06 bits per heavy atom. The van der Waals surface area contributed by atoms with Crippen molar-refractivity contribution in [3.8, 4) is 0 Å². The molecule has 92 valence electrons. The van der Waals surface area contributed by atoms with Crippen LogP contribution in [0.2, 0.25) is 0 Å². The lowest BCUT2D eigenvalue weighted by Crippen LogP contribution is -2.36. The highest BCUT2D eigenvalue weighted by molar-refractivity contribution is 5.79. The highest BCUT2D eigenvalue weighted by atomic mass is 16.3. The summed E-state index contributed by atoms with van der Waals surface area (Å²) in [4.78, 5) is 11.8. The normalized spacial score (nSPS) is 37.0. The molecule has 3 nitrogen and oxygen atoms in total. The van der Waals surface area contributed by atoms with E-state index in [0.29, 0.717) is 12.5 Å². The summed E-state index contributed by atoms with van der Waals surface area (Å²) >= 11 is 0. The molecule has 16 heavy (non-hydrogen) atoms. The minimum Gasteiger partial charge on any atom is -0.395 e. The maximum atomic E-state index is 11.8. The van der Waals surface area contributed by atoms with Crippen LogP contribution in [-0.2, 0) is 4.79 Å². The number of hydrogen-bond donors (Lipinski definition) is 2. The monoisotopic (exact) mass is 225 g/mol. The number of nitrogens with one attached hydrogen (secondary N) is 1. The van der Waals surface area contributed by atoms with Gasteiger partial charge in [0.1, 0.15) is 0 Å². The Kier molecular flexibility index (Phi) is 3.53. The van der Waals surface area contributed by atoms with Crippen molar-refractivity contribution in [1.29, 1.82) is 0 Å². The second-order valence-corrected chi connectivity index (χ2v) is 5.76. The summed E-state index contributed by atoms with van der Waals surface area (Å²) in [6.07, 6.45) is 3.56. The SMILES string of the molecule is CC(C)C1CC2CC1CC2C(=O)NCCO. The predicted molar refractivity (Wildman–Crippen MR) is 62.7 cm³/mol. The largest absolute Gasteiger partial charge is 0.395 e. The van der Waals surface area contributed by atoms with E-state index in [4.69, 9.17) is 5.11 Å². The summed E-state index contributed by atoms with van der Waals surface area (Å²) < 4.78 is 0. The molecule has 4 atom stereocenters. The van der Waals surface area contributed by atoms with E-state index >= 15 is 0 Å². The molecule has 0 saturated heterocycles. The van der Waals surface area contributed by atoms with Gasteiger partial charge in [0.25, 0.3) is 0 Å². The summed E-state index contributed by atoms with van der Waals surface area (Å²) in [6, 6.07) is 0. The third kappa shape index (κ3) is 2.10. The molecule has 1 amide bonds. The van der Waals surface area contributed by atoms with Crippen molar-refractivity contribution >= 4 is 5.91 Å². The summed E-state index contributed by atoms with van der Waals surface area (Å²) in [5.74, 6) is 3.38. The molecule has 2 saturated carbocycles. The molecule has 0 spiro atoms. The van der Waals surface area contributed by atoms with Gasteiger partial charge in [0.15, 0.2) is 0 Å². The molecular weight excluding hydrogens is 202 g/mol. The van der Waals surface area contributed by atoms with Gasteiger partial charge in [-0.25, -0.2) is 0 Å². The number of rotatable bonds is 4. The summed E-state index contributed by atoms with van der Waals surface area (Å²) in [6.45, 7) is 5.04. The van der Waals surface area contributed by atoms with Gasteiger partial charge in [0.2, 0.25) is 5.91 Å². The van der Waals surface area contributed by atoms with Gasteiger partial charge in [-0.3, -0.25) is 4.79 Å². The van der Waals surface area contributed by atoms with Gasteiger partial charge in [-0.2, -0.15) is 0 Å². The van der Waals surface area contributed by atoms with Crippen LogP contribution in [0.15, 0.2) is 0 Å². The van der Waals surface area contributed by atoms with Crippen molar-refractivity contribution in [2.24, 2.45) is 29.6 Å². The zero-order chi connectivity index (χ0) is 11.7. The fourth-order valence-corrected chi connectivity index (χ4v) is 3.77. The first-order chi connectivity index (χ1) is 7.63. The number of carbonyl (C=O) groups excluding carboxylic acids is 1. The van der Waals surface area contributed by atoms with Crippen LogP contribution in [0.3, 0.4) is 0 Å². The first kappa shape index (κ1) is 11.9. The summed E-state index contributed by atoms with van der Waals surface area (Å²) in [7, 11) is 0. The fourth-order valence-electron chi connectivity index (χ4n) is 3.77. The number of aliphatic hydroxyl groups is 1. The quantitative estimate of drug-likeness (QED) is 0.760. The molecule has 0 aromatic heterocycles. The lowest BCUT2D eigenvalue weighted by atomic mass is 9.76. The van der Waals surface area contributed by atoms with E-state index in [2.05, 4.69) is 19.2 Å². The second kappa shape index (κ2) is 4.74. The molecule has 4 unspecified atom stereocenters. The average molecular weight is 225 g/mol. The fraction of sp³-hybridized carbons (Fsp3) is 0.923. The highest BCUT2D eigenvalue weighted by Crippen LogP contribution is 2.53. The number of aliphatic hydroxyl groups excluding tert-OH is 1. The zero-order valence-electron chi connectivity index (χ0n) is 10.3. The molecule has 0 aromatic carbocycles. The second-order valence-electron chi connectivity index (χ2n) is 5.76. The van der Waals surface area contributed by atoms with Crippen LogP contribution in [0.5, 0.6) is 0 Å². The Morgan fingerprint density at radius 3 is 2.56 bits per heavy atom. The Bertz CT molecular complexity index is 265. The van der Waals surface area contributed by atoms with Crippen molar-refractivity contribution in [3.63, 3.8) is 0 Å². The van der Waals surface area contributed by atoms with Gasteiger partial charge in [0, 0.05) is 12.5 Å². The van der Waals surface area contributed by atoms with Crippen molar-refractivity contribution in [1.82, 2.24) is 5.32 Å². The van der Waals surface area contributed by atoms with Crippen molar-refractivity contribution in [2.75, 3.05) is 13.2 Å². The van der Waals surface area contributed by atoms with Gasteiger partial charge in [-0.1, -0.05) is 13.8 Å².